The number of ether oxygens (including phenoxy) is 5. The summed E-state index contributed by atoms with van der Waals surface area (Å²) in [4.78, 5) is 19.4. The Labute approximate surface area is 216 Å². The standard InChI is InChI=1S/C22H32N2O12S/c1-22(21(30)31)11-37-19(24-22)15-13(26)8-12(9-23-15)34-6-4-32-2-3-33-5-7-35-20-18(29)17(28)16(27)14(10-25)36-20/h8-9,14,16-18,20,25-29H,2-7,10-11H2,1H3,(H,30,31)/p-1/t14?,16-,17-,18?,20-,22+/m0/s1. The Morgan fingerprint density at radius 1 is 1.14 bits per heavy atom. The summed E-state index contributed by atoms with van der Waals surface area (Å²) in [6.07, 6.45) is -5.26. The third kappa shape index (κ3) is 7.72. The molecule has 0 spiro atoms. The Morgan fingerprint density at radius 3 is 2.43 bits per heavy atom. The van der Waals surface area contributed by atoms with Crippen LogP contribution in [0.5, 0.6) is 11.5 Å². The molecule has 6 atom stereocenters. The number of aliphatic carboxylic acids is 1. The zero-order chi connectivity index (χ0) is 27.0. The summed E-state index contributed by atoms with van der Waals surface area (Å²) in [6.45, 7) is 2.03. The summed E-state index contributed by atoms with van der Waals surface area (Å²) in [5.74, 6) is -0.985. The second-order valence-electron chi connectivity index (χ2n) is 8.45. The normalized spacial score (nSPS) is 29.8. The number of aromatic hydroxyl groups is 1. The molecule has 0 amide bonds. The van der Waals surface area contributed by atoms with Crippen LogP contribution in [0.2, 0.25) is 0 Å². The van der Waals surface area contributed by atoms with Gasteiger partial charge in [-0.3, -0.25) is 4.99 Å². The Morgan fingerprint density at radius 2 is 1.81 bits per heavy atom. The van der Waals surface area contributed by atoms with Gasteiger partial charge in [-0.15, -0.1) is 11.8 Å². The van der Waals surface area contributed by atoms with E-state index >= 15 is 0 Å². The maximum absolute atomic E-state index is 11.2. The van der Waals surface area contributed by atoms with Crippen molar-refractivity contribution < 1.29 is 59.1 Å². The molecule has 0 aromatic carbocycles. The van der Waals surface area contributed by atoms with Crippen LogP contribution in [-0.2, 0) is 23.7 Å². The molecule has 1 aromatic heterocycles. The number of nitrogens with zero attached hydrogens (tertiary/aromatic N) is 2. The van der Waals surface area contributed by atoms with Gasteiger partial charge in [-0.25, -0.2) is 4.98 Å². The van der Waals surface area contributed by atoms with Gasteiger partial charge in [0, 0.05) is 11.8 Å². The van der Waals surface area contributed by atoms with Gasteiger partial charge >= 0.3 is 0 Å². The summed E-state index contributed by atoms with van der Waals surface area (Å²) in [7, 11) is 0. The molecule has 0 aliphatic carbocycles. The third-order valence-electron chi connectivity index (χ3n) is 5.55. The number of carboxylic acids is 1. The number of hydrogen-bond donors (Lipinski definition) is 5. The number of aromatic nitrogens is 1. The predicted octanol–water partition coefficient (Wildman–Crippen LogP) is -2.98. The lowest BCUT2D eigenvalue weighted by Gasteiger charge is -2.39. The topological polar surface area (TPSA) is 213 Å². The molecule has 1 fully saturated rings. The molecule has 208 valence electrons. The van der Waals surface area contributed by atoms with Crippen molar-refractivity contribution in [3.8, 4) is 11.5 Å². The van der Waals surface area contributed by atoms with E-state index in [1.807, 2.05) is 0 Å². The van der Waals surface area contributed by atoms with Crippen LogP contribution in [0.15, 0.2) is 17.3 Å². The number of pyridine rings is 1. The van der Waals surface area contributed by atoms with E-state index in [1.165, 1.54) is 30.9 Å². The first kappa shape index (κ1) is 29.5. The van der Waals surface area contributed by atoms with Gasteiger partial charge in [-0.2, -0.15) is 0 Å². The van der Waals surface area contributed by atoms with Crippen molar-refractivity contribution >= 4 is 22.8 Å². The first-order valence-corrected chi connectivity index (χ1v) is 12.5. The Hall–Kier alpha value is -2.08. The van der Waals surface area contributed by atoms with Crippen LogP contribution in [0.3, 0.4) is 0 Å². The van der Waals surface area contributed by atoms with Crippen molar-refractivity contribution in [2.75, 3.05) is 52.0 Å². The maximum Gasteiger partial charge on any atom is 0.186 e. The molecule has 2 aliphatic rings. The minimum atomic E-state index is -1.50. The summed E-state index contributed by atoms with van der Waals surface area (Å²) in [5.41, 5.74) is -1.19. The summed E-state index contributed by atoms with van der Waals surface area (Å²) in [6, 6.07) is 1.36. The first-order chi connectivity index (χ1) is 17.7. The van der Waals surface area contributed by atoms with Crippen molar-refractivity contribution in [3.05, 3.63) is 18.0 Å². The van der Waals surface area contributed by atoms with Crippen molar-refractivity contribution in [1.82, 2.24) is 4.98 Å². The summed E-state index contributed by atoms with van der Waals surface area (Å²) >= 11 is 1.17. The number of carbonyl (C=O) groups is 1. The molecule has 3 heterocycles. The number of carboxylic acid groups (broad SMARTS) is 1. The van der Waals surface area contributed by atoms with Crippen LogP contribution >= 0.6 is 11.8 Å². The lowest BCUT2D eigenvalue weighted by Crippen LogP contribution is -2.59. The molecule has 0 saturated carbocycles. The van der Waals surface area contributed by atoms with E-state index in [1.54, 1.807) is 0 Å². The molecule has 37 heavy (non-hydrogen) atoms. The van der Waals surface area contributed by atoms with E-state index in [9.17, 15) is 30.3 Å². The van der Waals surface area contributed by atoms with E-state index in [2.05, 4.69) is 9.98 Å². The zero-order valence-electron chi connectivity index (χ0n) is 20.1. The second kappa shape index (κ2) is 13.6. The zero-order valence-corrected chi connectivity index (χ0v) is 20.9. The summed E-state index contributed by atoms with van der Waals surface area (Å²) in [5, 5.41) is 60.3. The van der Waals surface area contributed by atoms with E-state index in [4.69, 9.17) is 28.8 Å². The molecule has 5 N–H and O–H groups in total. The molecular weight excluding hydrogens is 516 g/mol. The van der Waals surface area contributed by atoms with Crippen molar-refractivity contribution in [2.45, 2.75) is 43.2 Å². The highest BCUT2D eigenvalue weighted by Gasteiger charge is 2.44. The first-order valence-electron chi connectivity index (χ1n) is 11.5. The van der Waals surface area contributed by atoms with E-state index in [0.29, 0.717) is 10.8 Å². The maximum atomic E-state index is 11.2. The largest absolute Gasteiger partial charge is 0.547 e. The van der Waals surface area contributed by atoms with Crippen LogP contribution in [0.1, 0.15) is 12.6 Å². The molecule has 1 aromatic rings. The van der Waals surface area contributed by atoms with E-state index in [0.717, 1.165) is 0 Å². The molecule has 2 aliphatic heterocycles. The number of hydrogen-bond acceptors (Lipinski definition) is 15. The average molecular weight is 548 g/mol. The van der Waals surface area contributed by atoms with Crippen LogP contribution < -0.4 is 9.84 Å². The van der Waals surface area contributed by atoms with Crippen LogP contribution in [0, 0.1) is 0 Å². The smallest absolute Gasteiger partial charge is 0.186 e. The number of aliphatic imine (C=N–C) groups is 1. The molecule has 2 unspecified atom stereocenters. The lowest BCUT2D eigenvalue weighted by molar-refractivity contribution is -0.311. The Bertz CT molecular complexity index is 935. The predicted molar refractivity (Wildman–Crippen MR) is 125 cm³/mol. The third-order valence-corrected chi connectivity index (χ3v) is 6.81. The van der Waals surface area contributed by atoms with Gasteiger partial charge in [0.05, 0.1) is 51.8 Å². The molecule has 15 heteroatoms. The number of aliphatic hydroxyl groups is 4. The van der Waals surface area contributed by atoms with Gasteiger partial charge < -0.3 is 59.1 Å². The Balaban J connectivity index is 1.26. The highest BCUT2D eigenvalue weighted by Crippen LogP contribution is 2.33. The van der Waals surface area contributed by atoms with Gasteiger partial charge in [-0.05, 0) is 6.92 Å². The van der Waals surface area contributed by atoms with Crippen molar-refractivity contribution in [2.24, 2.45) is 4.99 Å². The van der Waals surface area contributed by atoms with Crippen molar-refractivity contribution in [3.63, 3.8) is 0 Å². The number of rotatable bonds is 14. The highest BCUT2D eigenvalue weighted by molar-refractivity contribution is 8.14. The van der Waals surface area contributed by atoms with Crippen LogP contribution in [0.25, 0.3) is 0 Å². The summed E-state index contributed by atoms with van der Waals surface area (Å²) < 4.78 is 26.8. The second-order valence-corrected chi connectivity index (χ2v) is 9.41. The molecule has 3 rings (SSSR count). The SMILES string of the molecule is C[C@]1(C(=O)[O-])CSC(c2ncc(OCCOCCOCCO[C@H]3OC(CO)[C@H](O)[C@H](O)C3O)cc2O)=N1. The Kier molecular flexibility index (Phi) is 10.9. The fraction of sp³-hybridized carbons (Fsp3) is 0.682. The van der Waals surface area contributed by atoms with E-state index < -0.39 is 48.8 Å². The lowest BCUT2D eigenvalue weighted by atomic mass is 9.99. The van der Waals surface area contributed by atoms with Gasteiger partial charge in [0.1, 0.15) is 58.8 Å². The fourth-order valence-electron chi connectivity index (χ4n) is 3.37. The van der Waals surface area contributed by atoms with Gasteiger partial charge in [0.25, 0.3) is 0 Å². The molecule has 14 nitrogen and oxygen atoms in total. The average Bonchev–Trinajstić information content (AvgIpc) is 3.28. The minimum absolute atomic E-state index is 0.0374. The van der Waals surface area contributed by atoms with Gasteiger partial charge in [0.15, 0.2) is 6.29 Å². The van der Waals surface area contributed by atoms with Crippen LogP contribution in [0.4, 0.5) is 0 Å². The molecule has 0 radical (unpaired) electrons. The van der Waals surface area contributed by atoms with E-state index in [-0.39, 0.29) is 56.8 Å². The number of thioether (sulfide) groups is 1. The highest BCUT2D eigenvalue weighted by atomic mass is 32.2. The fourth-order valence-corrected chi connectivity index (χ4v) is 4.53. The van der Waals surface area contributed by atoms with Crippen LogP contribution in [-0.4, -0.2) is 130 Å². The molecular formula is C22H31N2O12S-. The van der Waals surface area contributed by atoms with Gasteiger partial charge in [0.2, 0.25) is 0 Å². The monoisotopic (exact) mass is 547 g/mol. The number of aliphatic hydroxyl groups excluding tert-OH is 4. The van der Waals surface area contributed by atoms with Gasteiger partial charge in [-0.1, -0.05) is 0 Å². The minimum Gasteiger partial charge on any atom is -0.547 e. The molecule has 1 saturated heterocycles. The number of carbonyl (C=O) groups excluding carboxylic acids is 1. The van der Waals surface area contributed by atoms with Crippen molar-refractivity contribution in [1.29, 1.82) is 0 Å². The molecule has 0 bridgehead atoms. The quantitative estimate of drug-likeness (QED) is 0.147.